The fourth-order valence-electron chi connectivity index (χ4n) is 3.28. The minimum absolute atomic E-state index is 0.00242. The van der Waals surface area contributed by atoms with Crippen molar-refractivity contribution in [3.05, 3.63) is 48.0 Å². The Morgan fingerprint density at radius 1 is 1.11 bits per heavy atom. The lowest BCUT2D eigenvalue weighted by molar-refractivity contribution is -0.133. The molecular weight excluding hydrogens is 374 g/mol. The van der Waals surface area contributed by atoms with Gasteiger partial charge in [0.1, 0.15) is 11.5 Å². The summed E-state index contributed by atoms with van der Waals surface area (Å²) in [6.45, 7) is 5.04. The second-order valence-corrected chi connectivity index (χ2v) is 7.76. The van der Waals surface area contributed by atoms with Crippen LogP contribution >= 0.6 is 11.3 Å². The summed E-state index contributed by atoms with van der Waals surface area (Å²) in [5.41, 5.74) is 2.27. The van der Waals surface area contributed by atoms with Crippen LogP contribution in [0.3, 0.4) is 0 Å². The molecule has 3 aromatic rings. The van der Waals surface area contributed by atoms with Crippen molar-refractivity contribution in [2.24, 2.45) is 0 Å². The number of hydrogen-bond donors (Lipinski definition) is 0. The van der Waals surface area contributed by atoms with Gasteiger partial charge in [-0.25, -0.2) is 4.98 Å². The van der Waals surface area contributed by atoms with E-state index in [-0.39, 0.29) is 12.5 Å². The summed E-state index contributed by atoms with van der Waals surface area (Å²) < 4.78 is 12.0. The largest absolute Gasteiger partial charge is 0.497 e. The van der Waals surface area contributed by atoms with Crippen LogP contribution in [0.4, 0.5) is 5.13 Å². The van der Waals surface area contributed by atoms with Crippen LogP contribution in [0.2, 0.25) is 0 Å². The number of anilines is 1. The number of fused-ring (bicyclic) bond motifs is 1. The Bertz CT molecular complexity index is 980. The Morgan fingerprint density at radius 2 is 1.86 bits per heavy atom. The molecule has 0 bridgehead atoms. The molecule has 1 aromatic heterocycles. The molecule has 1 aliphatic heterocycles. The number of benzene rings is 2. The van der Waals surface area contributed by atoms with Crippen molar-refractivity contribution in [1.29, 1.82) is 0 Å². The monoisotopic (exact) mass is 397 g/mol. The maximum atomic E-state index is 12.5. The number of hydrogen-bond acceptors (Lipinski definition) is 6. The second-order valence-electron chi connectivity index (χ2n) is 6.75. The van der Waals surface area contributed by atoms with Crippen LogP contribution < -0.4 is 14.4 Å². The highest BCUT2D eigenvalue weighted by molar-refractivity contribution is 7.22. The van der Waals surface area contributed by atoms with Crippen LogP contribution in [0.5, 0.6) is 11.5 Å². The fraction of sp³-hybridized carbons (Fsp3) is 0.333. The third-order valence-electron chi connectivity index (χ3n) is 4.92. The number of amides is 1. The topological polar surface area (TPSA) is 54.9 Å². The number of para-hydroxylation sites is 1. The zero-order valence-corrected chi connectivity index (χ0v) is 16.9. The SMILES string of the molecule is COc1cccc(OCC(=O)N2CCN(c3nc4c(C)cccc4s3)CC2)c1. The van der Waals surface area contributed by atoms with Gasteiger partial charge in [0, 0.05) is 32.2 Å². The van der Waals surface area contributed by atoms with Crippen molar-refractivity contribution < 1.29 is 14.3 Å². The van der Waals surface area contributed by atoms with Gasteiger partial charge in [-0.15, -0.1) is 0 Å². The van der Waals surface area contributed by atoms with Crippen molar-refractivity contribution in [1.82, 2.24) is 9.88 Å². The first-order valence-electron chi connectivity index (χ1n) is 9.30. The van der Waals surface area contributed by atoms with Crippen LogP contribution in [-0.4, -0.2) is 55.7 Å². The molecule has 0 aliphatic carbocycles. The fourth-order valence-corrected chi connectivity index (χ4v) is 4.38. The first-order chi connectivity index (χ1) is 13.6. The van der Waals surface area contributed by atoms with Gasteiger partial charge >= 0.3 is 0 Å². The number of carbonyl (C=O) groups is 1. The van der Waals surface area contributed by atoms with E-state index in [4.69, 9.17) is 14.5 Å². The Hall–Kier alpha value is -2.80. The van der Waals surface area contributed by atoms with E-state index >= 15 is 0 Å². The lowest BCUT2D eigenvalue weighted by Crippen LogP contribution is -2.50. The number of methoxy groups -OCH3 is 1. The predicted molar refractivity (Wildman–Crippen MR) is 112 cm³/mol. The minimum atomic E-state index is 0.00242. The minimum Gasteiger partial charge on any atom is -0.497 e. The van der Waals surface area contributed by atoms with Crippen LogP contribution in [0, 0.1) is 6.92 Å². The van der Waals surface area contributed by atoms with E-state index < -0.39 is 0 Å². The molecule has 2 heterocycles. The van der Waals surface area contributed by atoms with E-state index in [1.54, 1.807) is 24.5 Å². The van der Waals surface area contributed by atoms with Crippen molar-refractivity contribution >= 4 is 32.6 Å². The molecule has 0 unspecified atom stereocenters. The van der Waals surface area contributed by atoms with Crippen molar-refractivity contribution in [3.8, 4) is 11.5 Å². The third-order valence-corrected chi connectivity index (χ3v) is 6.00. The summed E-state index contributed by atoms with van der Waals surface area (Å²) in [4.78, 5) is 21.4. The molecule has 4 rings (SSSR count). The molecule has 0 N–H and O–H groups in total. The van der Waals surface area contributed by atoms with E-state index in [9.17, 15) is 4.79 Å². The zero-order chi connectivity index (χ0) is 19.5. The first-order valence-corrected chi connectivity index (χ1v) is 10.1. The average Bonchev–Trinajstić information content (AvgIpc) is 3.18. The second kappa shape index (κ2) is 8.06. The molecule has 146 valence electrons. The molecule has 28 heavy (non-hydrogen) atoms. The number of ether oxygens (including phenoxy) is 2. The third kappa shape index (κ3) is 3.89. The normalized spacial score (nSPS) is 14.4. The standard InChI is InChI=1S/C21H23N3O3S/c1-15-5-3-8-18-20(15)22-21(28-18)24-11-9-23(10-12-24)19(25)14-27-17-7-4-6-16(13-17)26-2/h3-8,13H,9-12,14H2,1-2H3. The van der Waals surface area contributed by atoms with Gasteiger partial charge in [-0.05, 0) is 30.7 Å². The van der Waals surface area contributed by atoms with Gasteiger partial charge < -0.3 is 19.3 Å². The highest BCUT2D eigenvalue weighted by Gasteiger charge is 2.23. The van der Waals surface area contributed by atoms with Crippen molar-refractivity contribution in [2.75, 3.05) is 44.8 Å². The van der Waals surface area contributed by atoms with Gasteiger partial charge in [-0.1, -0.05) is 29.5 Å². The van der Waals surface area contributed by atoms with E-state index in [0.29, 0.717) is 24.6 Å². The molecule has 6 nitrogen and oxygen atoms in total. The molecule has 0 spiro atoms. The van der Waals surface area contributed by atoms with Crippen LogP contribution in [0.15, 0.2) is 42.5 Å². The molecule has 2 aromatic carbocycles. The summed E-state index contributed by atoms with van der Waals surface area (Å²) in [6, 6.07) is 13.6. The lowest BCUT2D eigenvalue weighted by atomic mass is 10.2. The number of aromatic nitrogens is 1. The molecule has 1 fully saturated rings. The molecule has 0 atom stereocenters. The van der Waals surface area contributed by atoms with Crippen molar-refractivity contribution in [3.63, 3.8) is 0 Å². The van der Waals surface area contributed by atoms with Gasteiger partial charge in [0.2, 0.25) is 0 Å². The number of thiazole rings is 1. The van der Waals surface area contributed by atoms with E-state index in [2.05, 4.69) is 30.0 Å². The maximum Gasteiger partial charge on any atom is 0.260 e. The zero-order valence-electron chi connectivity index (χ0n) is 16.1. The number of carbonyl (C=O) groups excluding carboxylic acids is 1. The molecule has 1 amide bonds. The Labute approximate surface area is 168 Å². The van der Waals surface area contributed by atoms with Gasteiger partial charge in [-0.2, -0.15) is 0 Å². The highest BCUT2D eigenvalue weighted by atomic mass is 32.1. The Morgan fingerprint density at radius 3 is 2.61 bits per heavy atom. The van der Waals surface area contributed by atoms with Crippen molar-refractivity contribution in [2.45, 2.75) is 6.92 Å². The van der Waals surface area contributed by atoms with E-state index in [1.807, 2.05) is 23.1 Å². The molecule has 1 saturated heterocycles. The molecular formula is C21H23N3O3S. The number of piperazine rings is 1. The first kappa shape index (κ1) is 18.6. The predicted octanol–water partition coefficient (Wildman–Crippen LogP) is 3.34. The summed E-state index contributed by atoms with van der Waals surface area (Å²) >= 11 is 1.71. The van der Waals surface area contributed by atoms with Crippen LogP contribution in [0.25, 0.3) is 10.2 Å². The molecule has 0 radical (unpaired) electrons. The summed E-state index contributed by atoms with van der Waals surface area (Å²) in [5.74, 6) is 1.35. The van der Waals surface area contributed by atoms with E-state index in [1.165, 1.54) is 10.3 Å². The van der Waals surface area contributed by atoms with E-state index in [0.717, 1.165) is 23.7 Å². The number of aryl methyl sites for hydroxylation is 1. The summed E-state index contributed by atoms with van der Waals surface area (Å²) in [6.07, 6.45) is 0. The summed E-state index contributed by atoms with van der Waals surface area (Å²) in [7, 11) is 1.61. The quantitative estimate of drug-likeness (QED) is 0.661. The highest BCUT2D eigenvalue weighted by Crippen LogP contribution is 2.31. The molecule has 7 heteroatoms. The Kier molecular flexibility index (Phi) is 5.34. The molecule has 1 aliphatic rings. The average molecular weight is 398 g/mol. The summed E-state index contributed by atoms with van der Waals surface area (Å²) in [5, 5.41) is 1.03. The molecule has 0 saturated carbocycles. The number of rotatable bonds is 5. The maximum absolute atomic E-state index is 12.5. The van der Waals surface area contributed by atoms with Crippen LogP contribution in [-0.2, 0) is 4.79 Å². The van der Waals surface area contributed by atoms with Gasteiger partial charge in [0.15, 0.2) is 11.7 Å². The Balaban J connectivity index is 1.32. The van der Waals surface area contributed by atoms with Gasteiger partial charge in [0.25, 0.3) is 5.91 Å². The smallest absolute Gasteiger partial charge is 0.260 e. The van der Waals surface area contributed by atoms with Gasteiger partial charge in [-0.3, -0.25) is 4.79 Å². The lowest BCUT2D eigenvalue weighted by Gasteiger charge is -2.34. The number of nitrogens with zero attached hydrogens (tertiary/aromatic N) is 3. The van der Waals surface area contributed by atoms with Gasteiger partial charge in [0.05, 0.1) is 17.3 Å². The van der Waals surface area contributed by atoms with Crippen LogP contribution in [0.1, 0.15) is 5.56 Å².